The van der Waals surface area contributed by atoms with Crippen LogP contribution in [0, 0.1) is 5.82 Å². The minimum atomic E-state index is -0.507. The third-order valence-corrected chi connectivity index (χ3v) is 5.40. The zero-order valence-corrected chi connectivity index (χ0v) is 17.2. The summed E-state index contributed by atoms with van der Waals surface area (Å²) in [7, 11) is 0. The zero-order valence-electron chi connectivity index (χ0n) is 17.2. The molecule has 0 N–H and O–H groups in total. The molecule has 5 aromatic rings. The molecular weight excluding hydrogens is 401 g/mol. The number of nitrogens with zero attached hydrogens (tertiary/aromatic N) is 1. The van der Waals surface area contributed by atoms with Gasteiger partial charge < -0.3 is 9.30 Å². The van der Waals surface area contributed by atoms with Crippen molar-refractivity contribution >= 4 is 10.8 Å². The Morgan fingerprint density at radius 1 is 0.719 bits per heavy atom. The van der Waals surface area contributed by atoms with Gasteiger partial charge in [0.15, 0.2) is 0 Å². The Hall–Kier alpha value is -4.18. The molecule has 0 atom stereocenters. The predicted molar refractivity (Wildman–Crippen MR) is 126 cm³/mol. The molecule has 0 saturated carbocycles. The third-order valence-electron chi connectivity index (χ3n) is 5.40. The van der Waals surface area contributed by atoms with Crippen LogP contribution in [0.15, 0.2) is 114 Å². The second-order valence-electron chi connectivity index (χ2n) is 7.55. The molecule has 0 aliphatic heterocycles. The number of halogens is 1. The van der Waals surface area contributed by atoms with Gasteiger partial charge in [-0.1, -0.05) is 60.7 Å². The molecule has 0 unspecified atom stereocenters. The van der Waals surface area contributed by atoms with E-state index in [2.05, 4.69) is 0 Å². The first kappa shape index (κ1) is 19.8. The van der Waals surface area contributed by atoms with Crippen molar-refractivity contribution in [3.05, 3.63) is 131 Å². The van der Waals surface area contributed by atoms with Crippen molar-refractivity contribution in [2.75, 3.05) is 0 Å². The second kappa shape index (κ2) is 8.52. The van der Waals surface area contributed by atoms with E-state index >= 15 is 0 Å². The van der Waals surface area contributed by atoms with Crippen LogP contribution in [0.25, 0.3) is 22.0 Å². The molecule has 0 spiro atoms. The van der Waals surface area contributed by atoms with Crippen LogP contribution in [0.4, 0.5) is 4.39 Å². The first-order valence-electron chi connectivity index (χ1n) is 10.4. The Balaban J connectivity index is 1.61. The molecule has 4 heteroatoms. The summed E-state index contributed by atoms with van der Waals surface area (Å²) in [6.07, 6.45) is 0. The van der Waals surface area contributed by atoms with Gasteiger partial charge in [-0.3, -0.25) is 4.79 Å². The number of rotatable bonds is 5. The summed E-state index contributed by atoms with van der Waals surface area (Å²) in [6.45, 7) is 0.349. The average molecular weight is 421 g/mol. The largest absolute Gasteiger partial charge is 0.457 e. The van der Waals surface area contributed by atoms with E-state index in [0.29, 0.717) is 17.7 Å². The van der Waals surface area contributed by atoms with Gasteiger partial charge in [-0.15, -0.1) is 0 Å². The first-order chi connectivity index (χ1) is 15.7. The van der Waals surface area contributed by atoms with Crippen molar-refractivity contribution in [2.45, 2.75) is 6.54 Å². The Morgan fingerprint density at radius 3 is 2.09 bits per heavy atom. The summed E-state index contributed by atoms with van der Waals surface area (Å²) in [5.41, 5.74) is 2.20. The topological polar surface area (TPSA) is 31.2 Å². The van der Waals surface area contributed by atoms with Crippen molar-refractivity contribution in [1.82, 2.24) is 4.57 Å². The fourth-order valence-electron chi connectivity index (χ4n) is 3.84. The van der Waals surface area contributed by atoms with E-state index in [0.717, 1.165) is 22.6 Å². The minimum Gasteiger partial charge on any atom is -0.457 e. The summed E-state index contributed by atoms with van der Waals surface area (Å²) < 4.78 is 22.0. The van der Waals surface area contributed by atoms with Gasteiger partial charge in [0.25, 0.3) is 5.56 Å². The van der Waals surface area contributed by atoms with Gasteiger partial charge in [0, 0.05) is 0 Å². The molecule has 0 aliphatic rings. The Kier molecular flexibility index (Phi) is 5.26. The summed E-state index contributed by atoms with van der Waals surface area (Å²) in [5, 5.41) is 0.690. The molecule has 4 aromatic carbocycles. The number of para-hydroxylation sites is 1. The van der Waals surface area contributed by atoms with Crippen molar-refractivity contribution in [2.24, 2.45) is 0 Å². The van der Waals surface area contributed by atoms with Crippen LogP contribution in [0.2, 0.25) is 0 Å². The van der Waals surface area contributed by atoms with E-state index in [9.17, 15) is 9.18 Å². The molecule has 1 heterocycles. The van der Waals surface area contributed by atoms with E-state index in [4.69, 9.17) is 4.74 Å². The SMILES string of the molecule is O=c1c2c(F)cccc2cc(-c2ccc(Oc3ccccc3)cc2)n1Cc1ccccc1. The van der Waals surface area contributed by atoms with Crippen LogP contribution in [-0.2, 0) is 6.54 Å². The Morgan fingerprint density at radius 2 is 1.38 bits per heavy atom. The molecule has 0 saturated heterocycles. The maximum absolute atomic E-state index is 14.5. The number of hydrogen-bond acceptors (Lipinski definition) is 2. The first-order valence-corrected chi connectivity index (χ1v) is 10.4. The maximum atomic E-state index is 14.5. The fourth-order valence-corrected chi connectivity index (χ4v) is 3.84. The number of benzene rings is 4. The molecule has 1 aromatic heterocycles. The number of ether oxygens (including phenoxy) is 1. The third kappa shape index (κ3) is 3.91. The monoisotopic (exact) mass is 421 g/mol. The molecule has 0 bridgehead atoms. The number of aromatic nitrogens is 1. The van der Waals surface area contributed by atoms with Crippen LogP contribution < -0.4 is 10.3 Å². The second-order valence-corrected chi connectivity index (χ2v) is 7.55. The van der Waals surface area contributed by atoms with E-state index in [1.54, 1.807) is 16.7 Å². The van der Waals surface area contributed by atoms with Crippen molar-refractivity contribution in [3.8, 4) is 22.8 Å². The molecule has 5 rings (SSSR count). The molecule has 0 fully saturated rings. The average Bonchev–Trinajstić information content (AvgIpc) is 2.83. The standard InChI is InChI=1S/C28H20FNO2/c29-25-13-7-10-22-18-26(30(28(31)27(22)25)19-20-8-3-1-4-9-20)21-14-16-24(17-15-21)32-23-11-5-2-6-12-23/h1-18H,19H2. The predicted octanol–water partition coefficient (Wildman–Crippen LogP) is 6.65. The lowest BCUT2D eigenvalue weighted by molar-refractivity contribution is 0.483. The smallest absolute Gasteiger partial charge is 0.262 e. The zero-order chi connectivity index (χ0) is 21.9. The molecule has 0 amide bonds. The normalized spacial score (nSPS) is 10.9. The summed E-state index contributed by atoms with van der Waals surface area (Å²) in [5.74, 6) is 0.943. The summed E-state index contributed by atoms with van der Waals surface area (Å²) in [6, 6.07) is 33.4. The molecule has 3 nitrogen and oxygen atoms in total. The highest BCUT2D eigenvalue weighted by Crippen LogP contribution is 2.28. The highest BCUT2D eigenvalue weighted by atomic mass is 19.1. The van der Waals surface area contributed by atoms with Gasteiger partial charge >= 0.3 is 0 Å². The quantitative estimate of drug-likeness (QED) is 0.318. The van der Waals surface area contributed by atoms with E-state index < -0.39 is 5.82 Å². The molecule has 156 valence electrons. The van der Waals surface area contributed by atoms with Crippen molar-refractivity contribution < 1.29 is 9.13 Å². The molecule has 0 radical (unpaired) electrons. The van der Waals surface area contributed by atoms with Gasteiger partial charge in [0.1, 0.15) is 17.3 Å². The molecule has 0 aliphatic carbocycles. The van der Waals surface area contributed by atoms with E-state index in [1.165, 1.54) is 6.07 Å². The highest BCUT2D eigenvalue weighted by Gasteiger charge is 2.14. The maximum Gasteiger partial charge on any atom is 0.262 e. The summed E-state index contributed by atoms with van der Waals surface area (Å²) >= 11 is 0. The lowest BCUT2D eigenvalue weighted by Crippen LogP contribution is -2.23. The van der Waals surface area contributed by atoms with Gasteiger partial charge in [-0.25, -0.2) is 4.39 Å². The van der Waals surface area contributed by atoms with Gasteiger partial charge in [0.2, 0.25) is 0 Å². The van der Waals surface area contributed by atoms with Crippen LogP contribution in [-0.4, -0.2) is 4.57 Å². The van der Waals surface area contributed by atoms with E-state index in [1.807, 2.05) is 91.0 Å². The van der Waals surface area contributed by atoms with Crippen LogP contribution in [0.5, 0.6) is 11.5 Å². The number of hydrogen-bond donors (Lipinski definition) is 0. The van der Waals surface area contributed by atoms with E-state index in [-0.39, 0.29) is 10.9 Å². The van der Waals surface area contributed by atoms with Gasteiger partial charge in [-0.2, -0.15) is 0 Å². The molecular formula is C28H20FNO2. The van der Waals surface area contributed by atoms with Crippen LogP contribution in [0.1, 0.15) is 5.56 Å². The summed E-state index contributed by atoms with van der Waals surface area (Å²) in [4.78, 5) is 13.4. The van der Waals surface area contributed by atoms with Crippen LogP contribution >= 0.6 is 0 Å². The van der Waals surface area contributed by atoms with Crippen LogP contribution in [0.3, 0.4) is 0 Å². The number of fused-ring (bicyclic) bond motifs is 1. The van der Waals surface area contributed by atoms with Gasteiger partial charge in [0.05, 0.1) is 17.6 Å². The highest BCUT2D eigenvalue weighted by molar-refractivity contribution is 5.86. The number of pyridine rings is 1. The lowest BCUT2D eigenvalue weighted by atomic mass is 10.1. The van der Waals surface area contributed by atoms with Gasteiger partial charge in [-0.05, 0) is 65.0 Å². The lowest BCUT2D eigenvalue weighted by Gasteiger charge is -2.16. The Bertz CT molecular complexity index is 1430. The van der Waals surface area contributed by atoms with Crippen molar-refractivity contribution in [3.63, 3.8) is 0 Å². The Labute approximate surface area is 185 Å². The fraction of sp³-hybridized carbons (Fsp3) is 0.0357. The molecule has 32 heavy (non-hydrogen) atoms. The minimum absolute atomic E-state index is 0.108. The van der Waals surface area contributed by atoms with Crippen molar-refractivity contribution in [1.29, 1.82) is 0 Å².